The predicted octanol–water partition coefficient (Wildman–Crippen LogP) is 2.59. The van der Waals surface area contributed by atoms with E-state index in [1.807, 2.05) is 24.3 Å². The molecule has 1 aromatic carbocycles. The van der Waals surface area contributed by atoms with Gasteiger partial charge in [0.25, 0.3) is 5.91 Å². The second-order valence-corrected chi connectivity index (χ2v) is 6.34. The summed E-state index contributed by atoms with van der Waals surface area (Å²) in [7, 11) is 1.71. The summed E-state index contributed by atoms with van der Waals surface area (Å²) >= 11 is 3.36. The topological polar surface area (TPSA) is 49.8 Å². The maximum atomic E-state index is 12.0. The first-order valence-electron chi connectivity index (χ1n) is 6.83. The van der Waals surface area contributed by atoms with E-state index < -0.39 is 5.60 Å². The molecule has 1 amide bonds. The number of rotatable bonds is 5. The van der Waals surface area contributed by atoms with Crippen LogP contribution in [0.4, 0.5) is 0 Å². The van der Waals surface area contributed by atoms with Crippen LogP contribution in [0, 0.1) is 0 Å². The Hall–Kier alpha value is -1.07. The average Bonchev–Trinajstić information content (AvgIpc) is 2.82. The molecule has 1 aromatic rings. The standard InChI is InChI=1S/C15H20BrNO3/c1-17(11-15(19)7-2-3-8-15)14(18)10-20-13-6-4-5-12(16)9-13/h4-6,9,19H,2-3,7-8,10-11H2,1H3. The molecule has 1 aliphatic rings. The fraction of sp³-hybridized carbons (Fsp3) is 0.533. The Morgan fingerprint density at radius 1 is 1.45 bits per heavy atom. The van der Waals surface area contributed by atoms with Gasteiger partial charge in [-0.2, -0.15) is 0 Å². The molecule has 1 fully saturated rings. The molecular formula is C15H20BrNO3. The maximum absolute atomic E-state index is 12.0. The molecule has 0 saturated heterocycles. The molecule has 2 rings (SSSR count). The summed E-state index contributed by atoms with van der Waals surface area (Å²) in [4.78, 5) is 13.6. The molecule has 5 heteroatoms. The number of likely N-dealkylation sites (N-methyl/N-ethyl adjacent to an activating group) is 1. The van der Waals surface area contributed by atoms with Gasteiger partial charge in [-0.05, 0) is 31.0 Å². The minimum Gasteiger partial charge on any atom is -0.484 e. The van der Waals surface area contributed by atoms with Crippen molar-refractivity contribution in [1.29, 1.82) is 0 Å². The quantitative estimate of drug-likeness (QED) is 0.895. The number of halogens is 1. The van der Waals surface area contributed by atoms with Gasteiger partial charge in [0, 0.05) is 18.1 Å². The molecule has 20 heavy (non-hydrogen) atoms. The second-order valence-electron chi connectivity index (χ2n) is 5.43. The molecule has 1 N–H and O–H groups in total. The molecule has 110 valence electrons. The van der Waals surface area contributed by atoms with Gasteiger partial charge in [-0.15, -0.1) is 0 Å². The lowest BCUT2D eigenvalue weighted by molar-refractivity contribution is -0.135. The number of hydrogen-bond acceptors (Lipinski definition) is 3. The van der Waals surface area contributed by atoms with Gasteiger partial charge in [0.05, 0.1) is 5.60 Å². The number of ether oxygens (including phenoxy) is 1. The van der Waals surface area contributed by atoms with Crippen LogP contribution in [0.3, 0.4) is 0 Å². The third-order valence-electron chi connectivity index (χ3n) is 3.65. The van der Waals surface area contributed by atoms with Crippen molar-refractivity contribution in [2.24, 2.45) is 0 Å². The molecule has 1 aliphatic carbocycles. The highest BCUT2D eigenvalue weighted by Gasteiger charge is 2.33. The van der Waals surface area contributed by atoms with Gasteiger partial charge in [0.1, 0.15) is 5.75 Å². The zero-order chi connectivity index (χ0) is 14.6. The van der Waals surface area contributed by atoms with Crippen LogP contribution in [-0.4, -0.2) is 41.7 Å². The van der Waals surface area contributed by atoms with Crippen molar-refractivity contribution in [3.8, 4) is 5.75 Å². The lowest BCUT2D eigenvalue weighted by atomic mass is 10.0. The number of aliphatic hydroxyl groups is 1. The van der Waals surface area contributed by atoms with Crippen LogP contribution in [0.25, 0.3) is 0 Å². The number of hydrogen-bond donors (Lipinski definition) is 1. The summed E-state index contributed by atoms with van der Waals surface area (Å²) in [6.45, 7) is 0.372. The first kappa shape index (κ1) is 15.3. The van der Waals surface area contributed by atoms with Crippen LogP contribution in [0.15, 0.2) is 28.7 Å². The number of carbonyl (C=O) groups excluding carboxylic acids is 1. The van der Waals surface area contributed by atoms with Crippen LogP contribution < -0.4 is 4.74 Å². The van der Waals surface area contributed by atoms with E-state index >= 15 is 0 Å². The van der Waals surface area contributed by atoms with Crippen LogP contribution in [-0.2, 0) is 4.79 Å². The van der Waals surface area contributed by atoms with Gasteiger partial charge in [0.2, 0.25) is 0 Å². The lowest BCUT2D eigenvalue weighted by Crippen LogP contribution is -2.43. The first-order chi connectivity index (χ1) is 9.48. The van der Waals surface area contributed by atoms with E-state index in [-0.39, 0.29) is 12.5 Å². The van der Waals surface area contributed by atoms with Crippen molar-refractivity contribution >= 4 is 21.8 Å². The molecule has 0 aromatic heterocycles. The Morgan fingerprint density at radius 2 is 2.15 bits per heavy atom. The van der Waals surface area contributed by atoms with Crippen LogP contribution in [0.5, 0.6) is 5.75 Å². The summed E-state index contributed by atoms with van der Waals surface area (Å²) < 4.78 is 6.38. The molecule has 0 spiro atoms. The third kappa shape index (κ3) is 4.21. The molecule has 0 unspecified atom stereocenters. The number of amides is 1. The Kier molecular flexibility index (Phi) is 5.05. The summed E-state index contributed by atoms with van der Waals surface area (Å²) in [5, 5.41) is 10.3. The van der Waals surface area contributed by atoms with E-state index in [1.165, 1.54) is 0 Å². The minimum absolute atomic E-state index is 0.0109. The Balaban J connectivity index is 1.82. The second kappa shape index (κ2) is 6.59. The number of benzene rings is 1. The van der Waals surface area contributed by atoms with Crippen molar-refractivity contribution in [3.05, 3.63) is 28.7 Å². The van der Waals surface area contributed by atoms with Crippen LogP contribution in [0.1, 0.15) is 25.7 Å². The SMILES string of the molecule is CN(CC1(O)CCCC1)C(=O)COc1cccc(Br)c1. The zero-order valence-corrected chi connectivity index (χ0v) is 13.2. The fourth-order valence-electron chi connectivity index (χ4n) is 2.53. The van der Waals surface area contributed by atoms with Gasteiger partial charge in [-0.3, -0.25) is 4.79 Å². The average molecular weight is 342 g/mol. The van der Waals surface area contributed by atoms with E-state index in [1.54, 1.807) is 11.9 Å². The van der Waals surface area contributed by atoms with Gasteiger partial charge < -0.3 is 14.7 Å². The summed E-state index contributed by atoms with van der Waals surface area (Å²) in [6.07, 6.45) is 3.62. The van der Waals surface area contributed by atoms with Crippen LogP contribution >= 0.6 is 15.9 Å². The van der Waals surface area contributed by atoms with E-state index in [2.05, 4.69) is 15.9 Å². The fourth-order valence-corrected chi connectivity index (χ4v) is 2.91. The van der Waals surface area contributed by atoms with Crippen molar-refractivity contribution < 1.29 is 14.6 Å². The zero-order valence-electron chi connectivity index (χ0n) is 11.6. The molecule has 0 bridgehead atoms. The predicted molar refractivity (Wildman–Crippen MR) is 80.7 cm³/mol. The molecule has 0 radical (unpaired) electrons. The molecule has 1 saturated carbocycles. The molecular weight excluding hydrogens is 322 g/mol. The van der Waals surface area contributed by atoms with Gasteiger partial charge in [-0.1, -0.05) is 34.8 Å². The summed E-state index contributed by atoms with van der Waals surface area (Å²) in [5.74, 6) is 0.533. The van der Waals surface area contributed by atoms with Crippen LogP contribution in [0.2, 0.25) is 0 Å². The lowest BCUT2D eigenvalue weighted by Gasteiger charge is -2.28. The smallest absolute Gasteiger partial charge is 0.260 e. The maximum Gasteiger partial charge on any atom is 0.260 e. The Labute approximate surface area is 127 Å². The van der Waals surface area contributed by atoms with Gasteiger partial charge >= 0.3 is 0 Å². The van der Waals surface area contributed by atoms with E-state index in [4.69, 9.17) is 4.74 Å². The van der Waals surface area contributed by atoms with Crippen molar-refractivity contribution in [3.63, 3.8) is 0 Å². The third-order valence-corrected chi connectivity index (χ3v) is 4.14. The number of nitrogens with zero attached hydrogens (tertiary/aromatic N) is 1. The largest absolute Gasteiger partial charge is 0.484 e. The summed E-state index contributed by atoms with van der Waals surface area (Å²) in [6, 6.07) is 7.38. The van der Waals surface area contributed by atoms with E-state index in [0.29, 0.717) is 12.3 Å². The summed E-state index contributed by atoms with van der Waals surface area (Å²) in [5.41, 5.74) is -0.708. The first-order valence-corrected chi connectivity index (χ1v) is 7.63. The minimum atomic E-state index is -0.708. The van der Waals surface area contributed by atoms with E-state index in [9.17, 15) is 9.90 Å². The molecule has 0 atom stereocenters. The Morgan fingerprint density at radius 3 is 2.80 bits per heavy atom. The highest BCUT2D eigenvalue weighted by Crippen LogP contribution is 2.29. The number of carbonyl (C=O) groups is 1. The normalized spacial score (nSPS) is 16.9. The molecule has 0 aliphatic heterocycles. The highest BCUT2D eigenvalue weighted by atomic mass is 79.9. The molecule has 4 nitrogen and oxygen atoms in total. The van der Waals surface area contributed by atoms with Crippen molar-refractivity contribution in [2.75, 3.05) is 20.2 Å². The van der Waals surface area contributed by atoms with Gasteiger partial charge in [0.15, 0.2) is 6.61 Å². The van der Waals surface area contributed by atoms with Gasteiger partial charge in [-0.25, -0.2) is 0 Å². The monoisotopic (exact) mass is 341 g/mol. The highest BCUT2D eigenvalue weighted by molar-refractivity contribution is 9.10. The molecule has 0 heterocycles. The van der Waals surface area contributed by atoms with Crippen molar-refractivity contribution in [1.82, 2.24) is 4.90 Å². The Bertz CT molecular complexity index is 472. The van der Waals surface area contributed by atoms with E-state index in [0.717, 1.165) is 30.2 Å². The van der Waals surface area contributed by atoms with Crippen molar-refractivity contribution in [2.45, 2.75) is 31.3 Å².